The van der Waals surface area contributed by atoms with Gasteiger partial charge in [-0.2, -0.15) is 0 Å². The molecule has 39 heavy (non-hydrogen) atoms. The minimum atomic E-state index is -0.389. The molecule has 0 saturated carbocycles. The maximum Gasteiger partial charge on any atom is 0.327 e. The third kappa shape index (κ3) is 9.54. The number of carbonyl (C=O) groups is 1. The van der Waals surface area contributed by atoms with E-state index in [-0.39, 0.29) is 6.03 Å². The Balaban J connectivity index is 1.71. The highest BCUT2D eigenvalue weighted by Crippen LogP contribution is 2.30. The number of amides is 2. The second-order valence-electron chi connectivity index (χ2n) is 9.12. The lowest BCUT2D eigenvalue weighted by Crippen LogP contribution is -2.37. The second-order valence-corrected chi connectivity index (χ2v) is 9.94. The number of urea groups is 1. The first-order chi connectivity index (χ1) is 18.8. The molecule has 0 aliphatic heterocycles. The summed E-state index contributed by atoms with van der Waals surface area (Å²) >= 11 is 12.6. The van der Waals surface area contributed by atoms with Crippen molar-refractivity contribution in [2.24, 2.45) is 0 Å². The average molecular weight is 575 g/mol. The lowest BCUT2D eigenvalue weighted by molar-refractivity contribution is 0.223. The number of benzene rings is 2. The number of ether oxygens (including phenoxy) is 1. The van der Waals surface area contributed by atoms with E-state index in [1.54, 1.807) is 29.2 Å². The molecule has 0 atom stereocenters. The van der Waals surface area contributed by atoms with Gasteiger partial charge in [0.25, 0.3) is 0 Å². The summed E-state index contributed by atoms with van der Waals surface area (Å²) < 4.78 is 5.87. The van der Waals surface area contributed by atoms with Gasteiger partial charge in [0.2, 0.25) is 0 Å². The number of anilines is 4. The number of hydrogen-bond donors (Lipinski definition) is 2. The minimum absolute atomic E-state index is 0.356. The molecule has 11 heteroatoms. The highest BCUT2D eigenvalue weighted by molar-refractivity contribution is 6.39. The predicted octanol–water partition coefficient (Wildman–Crippen LogP) is 6.24. The molecule has 0 fully saturated rings. The second kappa shape index (κ2) is 15.5. The first kappa shape index (κ1) is 30.4. The Bertz CT molecular complexity index is 1170. The van der Waals surface area contributed by atoms with Crippen molar-refractivity contribution >= 4 is 52.2 Å². The van der Waals surface area contributed by atoms with Crippen molar-refractivity contribution < 1.29 is 9.53 Å². The van der Waals surface area contributed by atoms with E-state index in [0.29, 0.717) is 40.5 Å². The van der Waals surface area contributed by atoms with Gasteiger partial charge in [0.15, 0.2) is 0 Å². The number of aromatic nitrogens is 2. The quantitative estimate of drug-likeness (QED) is 0.236. The van der Waals surface area contributed by atoms with Crippen molar-refractivity contribution in [3.63, 3.8) is 0 Å². The highest BCUT2D eigenvalue weighted by Gasteiger charge is 2.20. The molecule has 0 spiro atoms. The van der Waals surface area contributed by atoms with Gasteiger partial charge in [-0.3, -0.25) is 4.90 Å². The molecule has 2 N–H and O–H groups in total. The van der Waals surface area contributed by atoms with Crippen molar-refractivity contribution in [1.82, 2.24) is 19.8 Å². The number of nitrogens with zero attached hydrogens (tertiary/aromatic N) is 5. The summed E-state index contributed by atoms with van der Waals surface area (Å²) in [7, 11) is 3.98. The molecule has 0 aliphatic carbocycles. The van der Waals surface area contributed by atoms with Gasteiger partial charge in [0, 0.05) is 24.8 Å². The molecule has 1 heterocycles. The van der Waals surface area contributed by atoms with Crippen LogP contribution in [0, 0.1) is 0 Å². The Morgan fingerprint density at radius 2 is 1.64 bits per heavy atom. The normalized spacial score (nSPS) is 11.1. The fourth-order valence-electron chi connectivity index (χ4n) is 3.83. The summed E-state index contributed by atoms with van der Waals surface area (Å²) in [6.45, 7) is 9.06. The fourth-order valence-corrected chi connectivity index (χ4v) is 4.33. The van der Waals surface area contributed by atoms with Crippen LogP contribution in [0.2, 0.25) is 10.0 Å². The summed E-state index contributed by atoms with van der Waals surface area (Å²) in [5, 5.41) is 6.82. The van der Waals surface area contributed by atoms with Crippen molar-refractivity contribution in [2.75, 3.05) is 69.0 Å². The third-order valence-corrected chi connectivity index (χ3v) is 6.68. The molecule has 3 rings (SSSR count). The van der Waals surface area contributed by atoms with Crippen LogP contribution in [0.15, 0.2) is 54.9 Å². The minimum Gasteiger partial charge on any atom is -0.492 e. The lowest BCUT2D eigenvalue weighted by atomic mass is 10.3. The number of para-hydroxylation sites is 1. The van der Waals surface area contributed by atoms with E-state index in [4.69, 9.17) is 27.9 Å². The molecule has 0 bridgehead atoms. The average Bonchev–Trinajstić information content (AvgIpc) is 2.92. The van der Waals surface area contributed by atoms with E-state index in [0.717, 1.165) is 44.0 Å². The maximum atomic E-state index is 13.4. The summed E-state index contributed by atoms with van der Waals surface area (Å²) in [4.78, 5) is 28.0. The van der Waals surface area contributed by atoms with E-state index in [2.05, 4.69) is 44.2 Å². The predicted molar refractivity (Wildman–Crippen MR) is 161 cm³/mol. The van der Waals surface area contributed by atoms with E-state index in [1.807, 2.05) is 38.4 Å². The van der Waals surface area contributed by atoms with E-state index in [9.17, 15) is 4.79 Å². The molecule has 210 valence electrons. The summed E-state index contributed by atoms with van der Waals surface area (Å²) in [6.07, 6.45) is 2.16. The molecule has 1 aromatic heterocycles. The fraction of sp³-hybridized carbons (Fsp3) is 0.393. The topological polar surface area (TPSA) is 85.9 Å². The van der Waals surface area contributed by atoms with Crippen LogP contribution in [0.25, 0.3) is 0 Å². The van der Waals surface area contributed by atoms with Gasteiger partial charge in [-0.05, 0) is 76.5 Å². The monoisotopic (exact) mass is 573 g/mol. The number of nitrogens with one attached hydrogen (secondary N) is 2. The number of hydrogen-bond acceptors (Lipinski definition) is 7. The highest BCUT2D eigenvalue weighted by atomic mass is 35.5. The number of rotatable bonds is 14. The van der Waals surface area contributed by atoms with Gasteiger partial charge in [-0.1, -0.05) is 43.1 Å². The van der Waals surface area contributed by atoms with Crippen LogP contribution in [0.5, 0.6) is 5.75 Å². The zero-order valence-corrected chi connectivity index (χ0v) is 24.5. The first-order valence-corrected chi connectivity index (χ1v) is 13.8. The molecular weight excluding hydrogens is 537 g/mol. The van der Waals surface area contributed by atoms with E-state index in [1.165, 1.54) is 6.33 Å². The van der Waals surface area contributed by atoms with Crippen LogP contribution in [0.3, 0.4) is 0 Å². The van der Waals surface area contributed by atoms with Gasteiger partial charge in [-0.15, -0.1) is 0 Å². The van der Waals surface area contributed by atoms with Gasteiger partial charge in [0.1, 0.15) is 30.3 Å². The van der Waals surface area contributed by atoms with Crippen LogP contribution in [-0.2, 0) is 0 Å². The number of carbonyl (C=O) groups excluding carboxylic acids is 1. The van der Waals surface area contributed by atoms with Crippen molar-refractivity contribution in [3.8, 4) is 5.75 Å². The Hall–Kier alpha value is -3.11. The molecule has 0 aliphatic rings. The van der Waals surface area contributed by atoms with Crippen LogP contribution >= 0.6 is 23.2 Å². The van der Waals surface area contributed by atoms with Crippen LogP contribution in [0.4, 0.5) is 27.8 Å². The molecule has 9 nitrogen and oxygen atoms in total. The van der Waals surface area contributed by atoms with Crippen LogP contribution in [-0.4, -0.2) is 79.2 Å². The van der Waals surface area contributed by atoms with Crippen molar-refractivity contribution in [1.29, 1.82) is 0 Å². The Kier molecular flexibility index (Phi) is 12.1. The van der Waals surface area contributed by atoms with Crippen LogP contribution < -0.4 is 20.3 Å². The van der Waals surface area contributed by atoms with Crippen molar-refractivity contribution in [2.45, 2.75) is 20.3 Å². The maximum absolute atomic E-state index is 13.4. The van der Waals surface area contributed by atoms with E-state index >= 15 is 0 Å². The van der Waals surface area contributed by atoms with Crippen molar-refractivity contribution in [3.05, 3.63) is 64.9 Å². The summed E-state index contributed by atoms with van der Waals surface area (Å²) in [5.41, 5.74) is 1.19. The van der Waals surface area contributed by atoms with E-state index < -0.39 is 0 Å². The molecule has 0 radical (unpaired) electrons. The SMILES string of the molecule is CCN(CC)CCOc1ccc(Nc2cc(N(CCCN(C)C)C(=O)Nc3c(Cl)cccc3Cl)ncn2)cc1. The summed E-state index contributed by atoms with van der Waals surface area (Å²) in [5.74, 6) is 1.80. The molecule has 2 amide bonds. The van der Waals surface area contributed by atoms with Gasteiger partial charge in [-0.25, -0.2) is 14.8 Å². The van der Waals surface area contributed by atoms with Crippen LogP contribution in [0.1, 0.15) is 20.3 Å². The van der Waals surface area contributed by atoms with Gasteiger partial charge in [0.05, 0.1) is 15.7 Å². The largest absolute Gasteiger partial charge is 0.492 e. The standard InChI is InChI=1S/C28H37Cl2N7O2/c1-5-36(6-2)17-18-39-22-13-11-21(12-14-22)33-25-19-26(32-20-31-25)37(16-8-15-35(3)4)28(38)34-27-23(29)9-7-10-24(27)30/h7,9-14,19-20H,5-6,8,15-18H2,1-4H3,(H,34,38)(H,31,32,33). The molecule has 2 aromatic carbocycles. The zero-order chi connectivity index (χ0) is 28.2. The smallest absolute Gasteiger partial charge is 0.327 e. The number of halogens is 2. The Morgan fingerprint density at radius 1 is 0.949 bits per heavy atom. The Morgan fingerprint density at radius 3 is 2.28 bits per heavy atom. The Labute approximate surface area is 241 Å². The first-order valence-electron chi connectivity index (χ1n) is 13.0. The number of likely N-dealkylation sites (N-methyl/N-ethyl adjacent to an activating group) is 1. The lowest BCUT2D eigenvalue weighted by Gasteiger charge is -2.24. The molecule has 0 saturated heterocycles. The molecule has 0 unspecified atom stereocenters. The third-order valence-electron chi connectivity index (χ3n) is 6.05. The molecule has 3 aromatic rings. The zero-order valence-electron chi connectivity index (χ0n) is 23.0. The van der Waals surface area contributed by atoms with Gasteiger partial charge >= 0.3 is 6.03 Å². The summed E-state index contributed by atoms with van der Waals surface area (Å²) in [6, 6.07) is 14.1. The molecular formula is C28H37Cl2N7O2. The van der Waals surface area contributed by atoms with Gasteiger partial charge < -0.3 is 25.2 Å².